The van der Waals surface area contributed by atoms with Gasteiger partial charge in [0.15, 0.2) is 0 Å². The van der Waals surface area contributed by atoms with E-state index in [1.165, 1.54) is 0 Å². The molecule has 0 fully saturated rings. The Hall–Kier alpha value is -1.07. The average Bonchev–Trinajstić information content (AvgIpc) is 2.37. The summed E-state index contributed by atoms with van der Waals surface area (Å²) >= 11 is 5.06. The lowest BCUT2D eigenvalue weighted by Crippen LogP contribution is -2.16. The van der Waals surface area contributed by atoms with Gasteiger partial charge < -0.3 is 4.74 Å². The molecule has 0 spiro atoms. The average molecular weight is 353 g/mol. The summed E-state index contributed by atoms with van der Waals surface area (Å²) in [7, 11) is 1.67. The smallest absolute Gasteiger partial charge is 0.136 e. The third kappa shape index (κ3) is 3.96. The van der Waals surface area contributed by atoms with Crippen LogP contribution in [-0.4, -0.2) is 17.1 Å². The first-order valence-corrected chi connectivity index (χ1v) is 7.86. The van der Waals surface area contributed by atoms with E-state index in [1.807, 2.05) is 30.3 Å². The molecule has 0 atom stereocenters. The van der Waals surface area contributed by atoms with Crippen LogP contribution in [0.1, 0.15) is 26.6 Å². The quantitative estimate of drug-likeness (QED) is 0.750. The molecule has 106 valence electrons. The molecule has 0 amide bonds. The van der Waals surface area contributed by atoms with E-state index in [9.17, 15) is 0 Å². The Balaban J connectivity index is 2.31. The van der Waals surface area contributed by atoms with E-state index in [2.05, 4.69) is 46.7 Å². The van der Waals surface area contributed by atoms with Crippen molar-refractivity contribution in [3.8, 4) is 5.75 Å². The normalized spacial score (nSPS) is 11.4. The minimum atomic E-state index is -0.0759. The van der Waals surface area contributed by atoms with Gasteiger partial charge in [-0.25, -0.2) is 9.97 Å². The van der Waals surface area contributed by atoms with Crippen molar-refractivity contribution in [1.29, 1.82) is 0 Å². The van der Waals surface area contributed by atoms with Crippen LogP contribution in [0.25, 0.3) is 0 Å². The monoisotopic (exact) mass is 352 g/mol. The van der Waals surface area contributed by atoms with Crippen LogP contribution in [-0.2, 0) is 5.41 Å². The zero-order valence-corrected chi connectivity index (χ0v) is 14.4. The summed E-state index contributed by atoms with van der Waals surface area (Å²) in [5, 5.41) is 0.921. The summed E-state index contributed by atoms with van der Waals surface area (Å²) in [6, 6.07) is 9.87. The topological polar surface area (TPSA) is 35.0 Å². The molecule has 0 bridgehead atoms. The van der Waals surface area contributed by atoms with Crippen LogP contribution in [0.15, 0.2) is 44.9 Å². The lowest BCUT2D eigenvalue weighted by molar-refractivity contribution is 0.413. The predicted molar refractivity (Wildman–Crippen MR) is 85.5 cm³/mol. The van der Waals surface area contributed by atoms with Gasteiger partial charge in [-0.05, 0) is 34.1 Å². The highest BCUT2D eigenvalue weighted by molar-refractivity contribution is 9.10. The molecule has 0 unspecified atom stereocenters. The molecule has 0 radical (unpaired) electrons. The third-order valence-electron chi connectivity index (χ3n) is 2.61. The van der Waals surface area contributed by atoms with E-state index in [4.69, 9.17) is 4.74 Å². The Morgan fingerprint density at radius 2 is 1.90 bits per heavy atom. The zero-order valence-electron chi connectivity index (χ0n) is 12.0. The van der Waals surface area contributed by atoms with Crippen LogP contribution in [0.5, 0.6) is 5.75 Å². The molecule has 0 aliphatic carbocycles. The number of hydrogen-bond acceptors (Lipinski definition) is 4. The zero-order chi connectivity index (χ0) is 14.8. The second kappa shape index (κ2) is 6.14. The summed E-state index contributed by atoms with van der Waals surface area (Å²) in [5.41, 5.74) is -0.0759. The van der Waals surface area contributed by atoms with Crippen LogP contribution in [0.3, 0.4) is 0 Å². The van der Waals surface area contributed by atoms with Gasteiger partial charge in [-0.1, -0.05) is 38.6 Å². The third-order valence-corrected chi connectivity index (χ3v) is 3.92. The molecule has 0 aliphatic heterocycles. The summed E-state index contributed by atoms with van der Waals surface area (Å²) in [6.07, 6.45) is 0. The van der Waals surface area contributed by atoms with Crippen LogP contribution in [0, 0.1) is 0 Å². The van der Waals surface area contributed by atoms with Crippen molar-refractivity contribution < 1.29 is 4.74 Å². The molecule has 1 aromatic heterocycles. The van der Waals surface area contributed by atoms with E-state index in [0.29, 0.717) is 0 Å². The maximum atomic E-state index is 5.24. The van der Waals surface area contributed by atoms with Crippen molar-refractivity contribution in [3.05, 3.63) is 40.8 Å². The second-order valence-electron chi connectivity index (χ2n) is 5.38. The Kier molecular flexibility index (Phi) is 4.70. The first-order chi connectivity index (χ1) is 9.38. The first-order valence-electron chi connectivity index (χ1n) is 6.25. The van der Waals surface area contributed by atoms with E-state index < -0.39 is 0 Å². The largest absolute Gasteiger partial charge is 0.497 e. The fraction of sp³-hybridized carbons (Fsp3) is 0.333. The Bertz CT molecular complexity index is 611. The molecular formula is C15H17BrN2OS. The van der Waals surface area contributed by atoms with Crippen molar-refractivity contribution >= 4 is 27.7 Å². The second-order valence-corrected chi connectivity index (χ2v) is 7.29. The molecule has 3 nitrogen and oxygen atoms in total. The van der Waals surface area contributed by atoms with Gasteiger partial charge in [0, 0.05) is 16.4 Å². The van der Waals surface area contributed by atoms with Crippen molar-refractivity contribution in [2.24, 2.45) is 0 Å². The molecule has 0 aliphatic rings. The van der Waals surface area contributed by atoms with Gasteiger partial charge >= 0.3 is 0 Å². The van der Waals surface area contributed by atoms with Gasteiger partial charge in [0.25, 0.3) is 0 Å². The van der Waals surface area contributed by atoms with Crippen molar-refractivity contribution in [1.82, 2.24) is 9.97 Å². The number of hydrogen-bond donors (Lipinski definition) is 0. The fourth-order valence-electron chi connectivity index (χ4n) is 1.57. The van der Waals surface area contributed by atoms with Crippen LogP contribution < -0.4 is 4.74 Å². The van der Waals surface area contributed by atoms with Gasteiger partial charge in [0.2, 0.25) is 0 Å². The van der Waals surface area contributed by atoms with E-state index in [0.717, 1.165) is 26.1 Å². The highest BCUT2D eigenvalue weighted by Gasteiger charge is 2.19. The molecule has 5 heteroatoms. The predicted octanol–water partition coefficient (Wildman–Crippen LogP) is 4.70. The van der Waals surface area contributed by atoms with E-state index >= 15 is 0 Å². The summed E-state index contributed by atoms with van der Waals surface area (Å²) in [4.78, 5) is 10.2. The SMILES string of the molecule is COc1cccc(Sc2cc(Br)nc(C(C)(C)C)n2)c1. The molecular weight excluding hydrogens is 336 g/mol. The maximum absolute atomic E-state index is 5.24. The lowest BCUT2D eigenvalue weighted by Gasteiger charge is -2.17. The molecule has 0 saturated carbocycles. The van der Waals surface area contributed by atoms with Gasteiger partial charge in [0.1, 0.15) is 21.2 Å². The lowest BCUT2D eigenvalue weighted by atomic mass is 9.96. The van der Waals surface area contributed by atoms with Crippen LogP contribution in [0.4, 0.5) is 0 Å². The number of nitrogens with zero attached hydrogens (tertiary/aromatic N) is 2. The fourth-order valence-corrected chi connectivity index (χ4v) is 2.97. The van der Waals surface area contributed by atoms with Crippen LogP contribution >= 0.6 is 27.7 Å². The van der Waals surface area contributed by atoms with Gasteiger partial charge in [-0.2, -0.15) is 0 Å². The minimum absolute atomic E-state index is 0.0759. The van der Waals surface area contributed by atoms with Gasteiger partial charge in [-0.15, -0.1) is 0 Å². The van der Waals surface area contributed by atoms with Crippen LogP contribution in [0.2, 0.25) is 0 Å². The number of aromatic nitrogens is 2. The molecule has 1 heterocycles. The number of benzene rings is 1. The summed E-state index contributed by atoms with van der Waals surface area (Å²) in [5.74, 6) is 1.68. The van der Waals surface area contributed by atoms with Crippen molar-refractivity contribution in [3.63, 3.8) is 0 Å². The molecule has 2 aromatic rings. The molecule has 20 heavy (non-hydrogen) atoms. The standard InChI is InChI=1S/C15H17BrN2OS/c1-15(2,3)14-17-12(16)9-13(18-14)20-11-7-5-6-10(8-11)19-4/h5-9H,1-4H3. The Morgan fingerprint density at radius 3 is 2.55 bits per heavy atom. The number of rotatable bonds is 3. The first kappa shape index (κ1) is 15.3. The van der Waals surface area contributed by atoms with Crippen molar-refractivity contribution in [2.45, 2.75) is 36.1 Å². The highest BCUT2D eigenvalue weighted by atomic mass is 79.9. The number of ether oxygens (including phenoxy) is 1. The summed E-state index contributed by atoms with van der Waals surface area (Å²) in [6.45, 7) is 6.32. The molecule has 1 aromatic carbocycles. The Labute approximate surface area is 132 Å². The minimum Gasteiger partial charge on any atom is -0.497 e. The number of methoxy groups -OCH3 is 1. The molecule has 0 N–H and O–H groups in total. The summed E-state index contributed by atoms with van der Waals surface area (Å²) < 4.78 is 6.05. The van der Waals surface area contributed by atoms with E-state index in [1.54, 1.807) is 18.9 Å². The van der Waals surface area contributed by atoms with Crippen molar-refractivity contribution in [2.75, 3.05) is 7.11 Å². The highest BCUT2D eigenvalue weighted by Crippen LogP contribution is 2.31. The molecule has 0 saturated heterocycles. The van der Waals surface area contributed by atoms with Gasteiger partial charge in [0.05, 0.1) is 7.11 Å². The maximum Gasteiger partial charge on any atom is 0.136 e. The number of halogens is 1. The van der Waals surface area contributed by atoms with Gasteiger partial charge in [-0.3, -0.25) is 0 Å². The Morgan fingerprint density at radius 1 is 1.15 bits per heavy atom. The van der Waals surface area contributed by atoms with E-state index in [-0.39, 0.29) is 5.41 Å². The molecule has 2 rings (SSSR count).